The molecule has 1 aromatic rings. The quantitative estimate of drug-likeness (QED) is 0.668. The van der Waals surface area contributed by atoms with Gasteiger partial charge in [0.15, 0.2) is 0 Å². The molecule has 0 spiro atoms. The van der Waals surface area contributed by atoms with Crippen molar-refractivity contribution < 1.29 is 14.7 Å². The molecule has 5 heteroatoms. The monoisotopic (exact) mass is 278 g/mol. The summed E-state index contributed by atoms with van der Waals surface area (Å²) < 4.78 is 0. The first-order chi connectivity index (χ1) is 9.54. The fourth-order valence-corrected chi connectivity index (χ4v) is 1.88. The van der Waals surface area contributed by atoms with Gasteiger partial charge in [-0.2, -0.15) is 0 Å². The Morgan fingerprint density at radius 3 is 2.50 bits per heavy atom. The molecule has 2 atom stereocenters. The molecule has 0 radical (unpaired) electrons. The molecule has 110 valence electrons. The smallest absolute Gasteiger partial charge is 0.326 e. The predicted octanol–water partition coefficient (Wildman–Crippen LogP) is 1.32. The number of hydrogen-bond acceptors (Lipinski definition) is 3. The zero-order valence-electron chi connectivity index (χ0n) is 11.7. The highest BCUT2D eigenvalue weighted by Crippen LogP contribution is 2.05. The Labute approximate surface area is 119 Å². The van der Waals surface area contributed by atoms with Crippen molar-refractivity contribution in [2.24, 2.45) is 5.73 Å². The summed E-state index contributed by atoms with van der Waals surface area (Å²) in [5.41, 5.74) is 6.60. The molecule has 5 nitrogen and oxygen atoms in total. The third-order valence-electron chi connectivity index (χ3n) is 3.10. The van der Waals surface area contributed by atoms with E-state index in [0.717, 1.165) is 18.4 Å². The van der Waals surface area contributed by atoms with E-state index in [9.17, 15) is 14.7 Å². The van der Waals surface area contributed by atoms with Crippen LogP contribution in [-0.4, -0.2) is 29.1 Å². The number of benzene rings is 1. The van der Waals surface area contributed by atoms with E-state index in [4.69, 9.17) is 5.73 Å². The van der Waals surface area contributed by atoms with Crippen LogP contribution in [0.15, 0.2) is 30.3 Å². The fraction of sp³-hybridized carbons (Fsp3) is 0.467. The summed E-state index contributed by atoms with van der Waals surface area (Å²) in [6.45, 7) is 2.01. The van der Waals surface area contributed by atoms with E-state index in [1.165, 1.54) is 0 Å². The Bertz CT molecular complexity index is 434. The maximum atomic E-state index is 11.9. The highest BCUT2D eigenvalue weighted by atomic mass is 16.4. The summed E-state index contributed by atoms with van der Waals surface area (Å²) in [6.07, 6.45) is 2.63. The standard InChI is InChI=1S/C15H22N2O3/c1-2-3-9-12(16)14(18)17-13(15(19)20)10-11-7-5-4-6-8-11/h4-8,12-13H,2-3,9-10,16H2,1H3,(H,17,18)(H,19,20)/t12-,13+/m0/s1. The molecule has 1 aromatic carbocycles. The van der Waals surface area contributed by atoms with Gasteiger partial charge in [0.1, 0.15) is 6.04 Å². The SMILES string of the molecule is CCCC[C@H](N)C(=O)N[C@H](Cc1ccccc1)C(=O)O. The predicted molar refractivity (Wildman–Crippen MR) is 77.2 cm³/mol. The first kappa shape index (κ1) is 16.2. The largest absolute Gasteiger partial charge is 0.480 e. The summed E-state index contributed by atoms with van der Waals surface area (Å²) in [7, 11) is 0. The molecule has 0 heterocycles. The highest BCUT2D eigenvalue weighted by Gasteiger charge is 2.23. The lowest BCUT2D eigenvalue weighted by Gasteiger charge is -2.17. The number of amides is 1. The number of aliphatic carboxylic acids is 1. The molecular weight excluding hydrogens is 256 g/mol. The van der Waals surface area contributed by atoms with Gasteiger partial charge < -0.3 is 16.2 Å². The van der Waals surface area contributed by atoms with Gasteiger partial charge in [0.25, 0.3) is 0 Å². The maximum absolute atomic E-state index is 11.9. The van der Waals surface area contributed by atoms with Crippen molar-refractivity contribution in [2.45, 2.75) is 44.7 Å². The van der Waals surface area contributed by atoms with Crippen LogP contribution in [0.25, 0.3) is 0 Å². The highest BCUT2D eigenvalue weighted by molar-refractivity contribution is 5.86. The third-order valence-corrected chi connectivity index (χ3v) is 3.10. The van der Waals surface area contributed by atoms with E-state index < -0.39 is 24.0 Å². The van der Waals surface area contributed by atoms with E-state index in [2.05, 4.69) is 5.32 Å². The van der Waals surface area contributed by atoms with Gasteiger partial charge in [-0.1, -0.05) is 50.1 Å². The Balaban J connectivity index is 2.59. The lowest BCUT2D eigenvalue weighted by molar-refractivity contribution is -0.142. The Hall–Kier alpha value is -1.88. The van der Waals surface area contributed by atoms with Crippen LogP contribution in [0, 0.1) is 0 Å². The number of carbonyl (C=O) groups is 2. The molecule has 0 aromatic heterocycles. The number of carboxylic acid groups (broad SMARTS) is 1. The van der Waals surface area contributed by atoms with E-state index >= 15 is 0 Å². The van der Waals surface area contributed by atoms with Crippen molar-refractivity contribution in [3.8, 4) is 0 Å². The molecule has 0 fully saturated rings. The van der Waals surface area contributed by atoms with Crippen molar-refractivity contribution in [1.29, 1.82) is 0 Å². The average molecular weight is 278 g/mol. The minimum Gasteiger partial charge on any atom is -0.480 e. The second kappa shape index (κ2) is 8.32. The van der Waals surface area contributed by atoms with Gasteiger partial charge in [0, 0.05) is 6.42 Å². The van der Waals surface area contributed by atoms with Gasteiger partial charge in [-0.15, -0.1) is 0 Å². The minimum absolute atomic E-state index is 0.252. The number of hydrogen-bond donors (Lipinski definition) is 3. The van der Waals surface area contributed by atoms with Gasteiger partial charge >= 0.3 is 5.97 Å². The lowest BCUT2D eigenvalue weighted by atomic mass is 10.0. The van der Waals surface area contributed by atoms with Crippen LogP contribution in [0.3, 0.4) is 0 Å². The number of carbonyl (C=O) groups excluding carboxylic acids is 1. The molecule has 0 saturated carbocycles. The third kappa shape index (κ3) is 5.40. The summed E-state index contributed by atoms with van der Waals surface area (Å²) >= 11 is 0. The maximum Gasteiger partial charge on any atom is 0.326 e. The number of nitrogens with one attached hydrogen (secondary N) is 1. The topological polar surface area (TPSA) is 92.4 Å². The molecule has 20 heavy (non-hydrogen) atoms. The molecule has 0 aliphatic carbocycles. The number of carboxylic acids is 1. The van der Waals surface area contributed by atoms with Crippen LogP contribution in [0.5, 0.6) is 0 Å². The first-order valence-electron chi connectivity index (χ1n) is 6.87. The number of unbranched alkanes of at least 4 members (excludes halogenated alkanes) is 1. The van der Waals surface area contributed by atoms with Gasteiger partial charge in [0.2, 0.25) is 5.91 Å². The molecule has 4 N–H and O–H groups in total. The normalized spacial score (nSPS) is 13.5. The van der Waals surface area contributed by atoms with Crippen LogP contribution in [0.4, 0.5) is 0 Å². The van der Waals surface area contributed by atoms with Gasteiger partial charge in [0.05, 0.1) is 6.04 Å². The Morgan fingerprint density at radius 2 is 1.95 bits per heavy atom. The second-order valence-corrected chi connectivity index (χ2v) is 4.84. The van der Waals surface area contributed by atoms with Crippen LogP contribution < -0.4 is 11.1 Å². The molecular formula is C15H22N2O3. The lowest BCUT2D eigenvalue weighted by Crippen LogP contribution is -2.49. The molecule has 1 rings (SSSR count). The van der Waals surface area contributed by atoms with Crippen molar-refractivity contribution in [3.05, 3.63) is 35.9 Å². The van der Waals surface area contributed by atoms with Crippen molar-refractivity contribution in [3.63, 3.8) is 0 Å². The minimum atomic E-state index is -1.05. The van der Waals surface area contributed by atoms with Crippen LogP contribution in [0.1, 0.15) is 31.7 Å². The number of rotatable bonds is 8. The van der Waals surface area contributed by atoms with E-state index in [1.807, 2.05) is 37.3 Å². The number of nitrogens with two attached hydrogens (primary N) is 1. The zero-order valence-corrected chi connectivity index (χ0v) is 11.7. The van der Waals surface area contributed by atoms with Gasteiger partial charge in [-0.25, -0.2) is 4.79 Å². The van der Waals surface area contributed by atoms with Gasteiger partial charge in [-0.05, 0) is 12.0 Å². The van der Waals surface area contributed by atoms with Crippen molar-refractivity contribution in [2.75, 3.05) is 0 Å². The van der Waals surface area contributed by atoms with Crippen molar-refractivity contribution >= 4 is 11.9 Å². The first-order valence-corrected chi connectivity index (χ1v) is 6.87. The second-order valence-electron chi connectivity index (χ2n) is 4.84. The Kier molecular flexibility index (Phi) is 6.73. The molecule has 0 bridgehead atoms. The summed E-state index contributed by atoms with van der Waals surface area (Å²) in [4.78, 5) is 23.1. The van der Waals surface area contributed by atoms with Crippen LogP contribution in [-0.2, 0) is 16.0 Å². The zero-order chi connectivity index (χ0) is 15.0. The van der Waals surface area contributed by atoms with Crippen molar-refractivity contribution in [1.82, 2.24) is 5.32 Å². The van der Waals surface area contributed by atoms with Crippen LogP contribution >= 0.6 is 0 Å². The average Bonchev–Trinajstić information content (AvgIpc) is 2.44. The molecule has 0 unspecified atom stereocenters. The molecule has 0 saturated heterocycles. The van der Waals surface area contributed by atoms with Gasteiger partial charge in [-0.3, -0.25) is 4.79 Å². The summed E-state index contributed by atoms with van der Waals surface area (Å²) in [5, 5.41) is 11.7. The van der Waals surface area contributed by atoms with E-state index in [1.54, 1.807) is 0 Å². The van der Waals surface area contributed by atoms with Crippen LogP contribution in [0.2, 0.25) is 0 Å². The molecule has 0 aliphatic rings. The summed E-state index contributed by atoms with van der Waals surface area (Å²) in [6, 6.07) is 7.60. The van der Waals surface area contributed by atoms with E-state index in [-0.39, 0.29) is 6.42 Å². The molecule has 1 amide bonds. The Morgan fingerprint density at radius 1 is 1.30 bits per heavy atom. The fourth-order valence-electron chi connectivity index (χ4n) is 1.88. The summed E-state index contributed by atoms with van der Waals surface area (Å²) in [5.74, 6) is -1.45. The molecule has 0 aliphatic heterocycles. The van der Waals surface area contributed by atoms with E-state index in [0.29, 0.717) is 6.42 Å².